The summed E-state index contributed by atoms with van der Waals surface area (Å²) in [4.78, 5) is 48.2. The topological polar surface area (TPSA) is 114 Å². The molecule has 0 aliphatic rings. The number of hydrogen-bond donors (Lipinski definition) is 3. The molecule has 0 spiro atoms. The summed E-state index contributed by atoms with van der Waals surface area (Å²) < 4.78 is 4.46. The zero-order chi connectivity index (χ0) is 22.2. The summed E-state index contributed by atoms with van der Waals surface area (Å²) in [6.07, 6.45) is 0. The molecule has 0 fully saturated rings. The Bertz CT molecular complexity index is 1080. The highest BCUT2D eigenvalue weighted by atomic mass is 32.1. The SMILES string of the molecule is COC(=O)CNC(=O)c1ccc(NC(=O)c2ccc(NC(=O)c3cccs3)cc2)cc1. The van der Waals surface area contributed by atoms with Gasteiger partial charge in [0, 0.05) is 22.5 Å². The predicted octanol–water partition coefficient (Wildman–Crippen LogP) is 3.16. The van der Waals surface area contributed by atoms with Crippen LogP contribution in [0, 0.1) is 0 Å². The van der Waals surface area contributed by atoms with Gasteiger partial charge in [0.05, 0.1) is 12.0 Å². The minimum Gasteiger partial charge on any atom is -0.468 e. The summed E-state index contributed by atoms with van der Waals surface area (Å²) in [6, 6.07) is 16.3. The Labute approximate surface area is 182 Å². The number of amides is 3. The van der Waals surface area contributed by atoms with E-state index in [2.05, 4.69) is 20.7 Å². The van der Waals surface area contributed by atoms with Crippen molar-refractivity contribution >= 4 is 46.4 Å². The number of methoxy groups -OCH3 is 1. The highest BCUT2D eigenvalue weighted by Gasteiger charge is 2.11. The monoisotopic (exact) mass is 437 g/mol. The average molecular weight is 437 g/mol. The summed E-state index contributed by atoms with van der Waals surface area (Å²) >= 11 is 1.35. The minimum absolute atomic E-state index is 0.206. The highest BCUT2D eigenvalue weighted by molar-refractivity contribution is 7.12. The highest BCUT2D eigenvalue weighted by Crippen LogP contribution is 2.16. The molecular formula is C22H19N3O5S. The zero-order valence-corrected chi connectivity index (χ0v) is 17.3. The molecule has 3 rings (SSSR count). The third kappa shape index (κ3) is 6.00. The van der Waals surface area contributed by atoms with Gasteiger partial charge in [-0.25, -0.2) is 0 Å². The van der Waals surface area contributed by atoms with Crippen LogP contribution in [0.25, 0.3) is 0 Å². The van der Waals surface area contributed by atoms with Crippen molar-refractivity contribution in [2.75, 3.05) is 24.3 Å². The van der Waals surface area contributed by atoms with Gasteiger partial charge >= 0.3 is 5.97 Å². The normalized spacial score (nSPS) is 10.1. The number of ether oxygens (including phenoxy) is 1. The van der Waals surface area contributed by atoms with Crippen molar-refractivity contribution in [3.8, 4) is 0 Å². The second-order valence-electron chi connectivity index (χ2n) is 6.30. The molecule has 0 aliphatic heterocycles. The molecule has 3 amide bonds. The lowest BCUT2D eigenvalue weighted by Gasteiger charge is -2.08. The van der Waals surface area contributed by atoms with Crippen molar-refractivity contribution in [1.82, 2.24) is 5.32 Å². The van der Waals surface area contributed by atoms with Gasteiger partial charge in [0.15, 0.2) is 0 Å². The lowest BCUT2D eigenvalue weighted by Crippen LogP contribution is -2.30. The van der Waals surface area contributed by atoms with Crippen molar-refractivity contribution in [3.63, 3.8) is 0 Å². The molecule has 1 aromatic heterocycles. The fraction of sp³-hybridized carbons (Fsp3) is 0.0909. The average Bonchev–Trinajstić information content (AvgIpc) is 3.33. The van der Waals surface area contributed by atoms with Crippen LogP contribution in [0.4, 0.5) is 11.4 Å². The van der Waals surface area contributed by atoms with E-state index in [1.807, 2.05) is 5.38 Å². The maximum absolute atomic E-state index is 12.4. The third-order valence-corrected chi connectivity index (χ3v) is 5.04. The molecule has 31 heavy (non-hydrogen) atoms. The van der Waals surface area contributed by atoms with E-state index >= 15 is 0 Å². The summed E-state index contributed by atoms with van der Waals surface area (Å²) in [5.41, 5.74) is 1.84. The molecule has 1 heterocycles. The largest absolute Gasteiger partial charge is 0.468 e. The number of rotatable bonds is 7. The van der Waals surface area contributed by atoms with Gasteiger partial charge in [-0.1, -0.05) is 6.07 Å². The van der Waals surface area contributed by atoms with Crippen molar-refractivity contribution in [2.45, 2.75) is 0 Å². The first-order chi connectivity index (χ1) is 15.0. The van der Waals surface area contributed by atoms with Gasteiger partial charge in [-0.2, -0.15) is 0 Å². The number of carbonyl (C=O) groups excluding carboxylic acids is 4. The first-order valence-electron chi connectivity index (χ1n) is 9.17. The summed E-state index contributed by atoms with van der Waals surface area (Å²) in [6.45, 7) is -0.225. The van der Waals surface area contributed by atoms with E-state index in [1.54, 1.807) is 48.5 Å². The summed E-state index contributed by atoms with van der Waals surface area (Å²) in [5.74, 6) is -1.51. The predicted molar refractivity (Wildman–Crippen MR) is 117 cm³/mol. The molecule has 3 N–H and O–H groups in total. The number of hydrogen-bond acceptors (Lipinski definition) is 6. The second kappa shape index (κ2) is 10.2. The van der Waals surface area contributed by atoms with Gasteiger partial charge in [-0.05, 0) is 60.0 Å². The molecule has 3 aromatic rings. The number of carbonyl (C=O) groups is 4. The summed E-state index contributed by atoms with van der Waals surface area (Å²) in [7, 11) is 1.24. The fourth-order valence-electron chi connectivity index (χ4n) is 2.54. The van der Waals surface area contributed by atoms with Crippen molar-refractivity contribution < 1.29 is 23.9 Å². The number of anilines is 2. The van der Waals surface area contributed by atoms with E-state index in [-0.39, 0.29) is 18.4 Å². The van der Waals surface area contributed by atoms with Gasteiger partial charge in [0.25, 0.3) is 17.7 Å². The molecule has 0 aliphatic carbocycles. The number of thiophene rings is 1. The lowest BCUT2D eigenvalue weighted by molar-refractivity contribution is -0.139. The van der Waals surface area contributed by atoms with Crippen LogP contribution >= 0.6 is 11.3 Å². The van der Waals surface area contributed by atoms with E-state index < -0.39 is 11.9 Å². The second-order valence-corrected chi connectivity index (χ2v) is 7.25. The molecule has 0 unspecified atom stereocenters. The molecule has 9 heteroatoms. The molecule has 0 bridgehead atoms. The first kappa shape index (κ1) is 21.7. The van der Waals surface area contributed by atoms with Gasteiger partial charge < -0.3 is 20.7 Å². The zero-order valence-electron chi connectivity index (χ0n) is 16.5. The van der Waals surface area contributed by atoms with E-state index in [1.165, 1.54) is 30.6 Å². The van der Waals surface area contributed by atoms with Crippen LogP contribution in [0.5, 0.6) is 0 Å². The molecule has 8 nitrogen and oxygen atoms in total. The van der Waals surface area contributed by atoms with Crippen molar-refractivity contribution in [3.05, 3.63) is 82.0 Å². The minimum atomic E-state index is -0.547. The Kier molecular flexibility index (Phi) is 7.13. The number of esters is 1. The molecular weight excluding hydrogens is 418 g/mol. The smallest absolute Gasteiger partial charge is 0.325 e. The Morgan fingerprint density at radius 1 is 0.774 bits per heavy atom. The van der Waals surface area contributed by atoms with Gasteiger partial charge in [0.1, 0.15) is 6.54 Å². The molecule has 2 aromatic carbocycles. The van der Waals surface area contributed by atoms with Gasteiger partial charge in [0.2, 0.25) is 0 Å². The molecule has 158 valence electrons. The van der Waals surface area contributed by atoms with Gasteiger partial charge in [-0.15, -0.1) is 11.3 Å². The van der Waals surface area contributed by atoms with Crippen LogP contribution < -0.4 is 16.0 Å². The Morgan fingerprint density at radius 2 is 1.32 bits per heavy atom. The van der Waals surface area contributed by atoms with Gasteiger partial charge in [-0.3, -0.25) is 19.2 Å². The molecule has 0 radical (unpaired) electrons. The maximum Gasteiger partial charge on any atom is 0.325 e. The summed E-state index contributed by atoms with van der Waals surface area (Å²) in [5, 5.41) is 9.76. The molecule has 0 atom stereocenters. The standard InChI is InChI=1S/C22H19N3O5S/c1-30-19(26)13-23-20(27)14-4-8-16(9-5-14)24-21(28)15-6-10-17(11-7-15)25-22(29)18-3-2-12-31-18/h2-12H,13H2,1H3,(H,23,27)(H,24,28)(H,25,29). The third-order valence-electron chi connectivity index (χ3n) is 4.18. The van der Waals surface area contributed by atoms with Crippen LogP contribution in [0.15, 0.2) is 66.0 Å². The van der Waals surface area contributed by atoms with E-state index in [0.29, 0.717) is 27.4 Å². The van der Waals surface area contributed by atoms with E-state index in [4.69, 9.17) is 0 Å². The molecule has 0 saturated carbocycles. The van der Waals surface area contributed by atoms with E-state index in [0.717, 1.165) is 0 Å². The lowest BCUT2D eigenvalue weighted by atomic mass is 10.1. The Hall–Kier alpha value is -3.98. The van der Waals surface area contributed by atoms with Crippen LogP contribution in [0.1, 0.15) is 30.4 Å². The Balaban J connectivity index is 1.55. The van der Waals surface area contributed by atoms with Crippen molar-refractivity contribution in [1.29, 1.82) is 0 Å². The number of nitrogens with one attached hydrogen (secondary N) is 3. The first-order valence-corrected chi connectivity index (χ1v) is 10.1. The van der Waals surface area contributed by atoms with Crippen molar-refractivity contribution in [2.24, 2.45) is 0 Å². The maximum atomic E-state index is 12.4. The van der Waals surface area contributed by atoms with Crippen LogP contribution in [-0.4, -0.2) is 37.3 Å². The quantitative estimate of drug-likeness (QED) is 0.492. The number of benzene rings is 2. The molecule has 0 saturated heterocycles. The van der Waals surface area contributed by atoms with E-state index in [9.17, 15) is 19.2 Å². The fourth-order valence-corrected chi connectivity index (χ4v) is 3.16. The van der Waals surface area contributed by atoms with Crippen LogP contribution in [-0.2, 0) is 9.53 Å². The Morgan fingerprint density at radius 3 is 1.84 bits per heavy atom. The van der Waals surface area contributed by atoms with Crippen LogP contribution in [0.2, 0.25) is 0 Å². The van der Waals surface area contributed by atoms with Crippen LogP contribution in [0.3, 0.4) is 0 Å².